The zero-order chi connectivity index (χ0) is 16.6. The zero-order valence-corrected chi connectivity index (χ0v) is 12.1. The van der Waals surface area contributed by atoms with Crippen molar-refractivity contribution in [1.29, 1.82) is 0 Å². The van der Waals surface area contributed by atoms with Gasteiger partial charge in [0.15, 0.2) is 5.78 Å². The number of nitrogen functional groups attached to an aromatic ring is 1. The van der Waals surface area contributed by atoms with Crippen molar-refractivity contribution in [2.45, 2.75) is 0 Å². The summed E-state index contributed by atoms with van der Waals surface area (Å²) in [5.74, 6) is -1.58. The van der Waals surface area contributed by atoms with Gasteiger partial charge in [-0.25, -0.2) is 4.98 Å². The maximum absolute atomic E-state index is 12.2. The van der Waals surface area contributed by atoms with Gasteiger partial charge >= 0.3 is 0 Å². The Hall–Kier alpha value is -3.34. The second-order valence-electron chi connectivity index (χ2n) is 5.03. The average molecular weight is 304 g/mol. The first-order chi connectivity index (χ1) is 11.0. The molecule has 0 unspecified atom stereocenters. The van der Waals surface area contributed by atoms with Crippen LogP contribution in [-0.4, -0.2) is 22.3 Å². The molecule has 112 valence electrons. The summed E-state index contributed by atoms with van der Waals surface area (Å²) in [7, 11) is 0. The highest BCUT2D eigenvalue weighted by Crippen LogP contribution is 2.28. The summed E-state index contributed by atoms with van der Waals surface area (Å²) in [6.07, 6.45) is 4.99. The Balaban J connectivity index is 2.31. The number of hydrogen-bond donors (Lipinski definition) is 1. The molecule has 1 aliphatic carbocycles. The molecular weight excluding hydrogens is 292 g/mol. The number of aromatic nitrogens is 1. The molecule has 2 N–H and O–H groups in total. The van der Waals surface area contributed by atoms with Gasteiger partial charge in [-0.3, -0.25) is 14.4 Å². The van der Waals surface area contributed by atoms with Gasteiger partial charge in [0.05, 0.1) is 16.9 Å². The number of ketones is 3. The van der Waals surface area contributed by atoms with Crippen LogP contribution in [0.1, 0.15) is 16.1 Å². The van der Waals surface area contributed by atoms with Gasteiger partial charge in [-0.15, -0.1) is 0 Å². The molecule has 0 fully saturated rings. The quantitative estimate of drug-likeness (QED) is 0.309. The first-order valence-corrected chi connectivity index (χ1v) is 6.85. The third-order valence-corrected chi connectivity index (χ3v) is 3.55. The number of nitrogens with zero attached hydrogens (tertiary/aromatic N) is 1. The monoisotopic (exact) mass is 304 g/mol. The second kappa shape index (κ2) is 5.46. The van der Waals surface area contributed by atoms with E-state index in [9.17, 15) is 14.4 Å². The van der Waals surface area contributed by atoms with Gasteiger partial charge in [-0.2, -0.15) is 0 Å². The summed E-state index contributed by atoms with van der Waals surface area (Å²) in [6.45, 7) is 3.49. The maximum atomic E-state index is 12.2. The van der Waals surface area contributed by atoms with E-state index < -0.39 is 11.6 Å². The molecule has 0 saturated carbocycles. The van der Waals surface area contributed by atoms with E-state index in [0.717, 1.165) is 0 Å². The van der Waals surface area contributed by atoms with Crippen molar-refractivity contribution in [3.63, 3.8) is 0 Å². The molecular formula is C18H12N2O3. The lowest BCUT2D eigenvalue weighted by atomic mass is 9.95. The Bertz CT molecular complexity index is 952. The number of carbonyl (C=O) groups is 3. The van der Waals surface area contributed by atoms with Crippen LogP contribution in [0.4, 0.5) is 5.69 Å². The van der Waals surface area contributed by atoms with Crippen molar-refractivity contribution in [3.8, 4) is 0 Å². The first-order valence-electron chi connectivity index (χ1n) is 6.85. The largest absolute Gasteiger partial charge is 0.397 e. The van der Waals surface area contributed by atoms with Gasteiger partial charge in [0, 0.05) is 16.5 Å². The molecule has 5 heteroatoms. The lowest BCUT2D eigenvalue weighted by Gasteiger charge is -2.12. The molecule has 0 amide bonds. The molecule has 0 saturated heterocycles. The molecule has 0 bridgehead atoms. The molecule has 5 nitrogen and oxygen atoms in total. The maximum Gasteiger partial charge on any atom is 0.226 e. The summed E-state index contributed by atoms with van der Waals surface area (Å²) in [5, 5.41) is 0.710. The molecule has 0 atom stereocenters. The van der Waals surface area contributed by atoms with Crippen molar-refractivity contribution in [2.24, 2.45) is 0 Å². The van der Waals surface area contributed by atoms with E-state index in [2.05, 4.69) is 11.6 Å². The van der Waals surface area contributed by atoms with Crippen molar-refractivity contribution in [2.75, 3.05) is 5.73 Å². The van der Waals surface area contributed by atoms with Crippen LogP contribution in [-0.2, 0) is 9.59 Å². The van der Waals surface area contributed by atoms with Crippen molar-refractivity contribution in [3.05, 3.63) is 66.4 Å². The van der Waals surface area contributed by atoms with E-state index in [1.807, 2.05) is 0 Å². The fourth-order valence-electron chi connectivity index (χ4n) is 2.39. The number of nitrogens with two attached hydrogens (primary N) is 1. The minimum Gasteiger partial charge on any atom is -0.397 e. The van der Waals surface area contributed by atoms with Crippen LogP contribution in [0, 0.1) is 0 Å². The lowest BCUT2D eigenvalue weighted by molar-refractivity contribution is -0.131. The molecule has 1 aromatic carbocycles. The molecule has 1 aromatic heterocycles. The Morgan fingerprint density at radius 3 is 2.65 bits per heavy atom. The molecule has 1 aliphatic rings. The zero-order valence-electron chi connectivity index (χ0n) is 12.1. The summed E-state index contributed by atoms with van der Waals surface area (Å²) >= 11 is 0. The van der Waals surface area contributed by atoms with E-state index in [1.165, 1.54) is 24.3 Å². The number of rotatable bonds is 3. The topological polar surface area (TPSA) is 90.1 Å². The normalized spacial score (nSPS) is 14.0. The molecule has 1 heterocycles. The van der Waals surface area contributed by atoms with Crippen molar-refractivity contribution in [1.82, 2.24) is 4.98 Å². The highest BCUT2D eigenvalue weighted by Gasteiger charge is 2.20. The molecule has 2 aromatic rings. The predicted octanol–water partition coefficient (Wildman–Crippen LogP) is 2.28. The Kier molecular flexibility index (Phi) is 3.46. The summed E-state index contributed by atoms with van der Waals surface area (Å²) in [5.41, 5.74) is 7.93. The molecule has 23 heavy (non-hydrogen) atoms. The second-order valence-corrected chi connectivity index (χ2v) is 5.03. The highest BCUT2D eigenvalue weighted by atomic mass is 16.2. The first kappa shape index (κ1) is 14.6. The minimum atomic E-state index is -0.651. The Labute approximate surface area is 131 Å². The van der Waals surface area contributed by atoms with Crippen LogP contribution < -0.4 is 5.73 Å². The van der Waals surface area contributed by atoms with Crippen LogP contribution in [0.5, 0.6) is 0 Å². The number of hydrogen-bond acceptors (Lipinski definition) is 5. The van der Waals surface area contributed by atoms with Crippen LogP contribution in [0.25, 0.3) is 16.5 Å². The van der Waals surface area contributed by atoms with Gasteiger partial charge in [-0.05, 0) is 36.4 Å². The molecule has 0 aliphatic heterocycles. The minimum absolute atomic E-state index is 0.302. The SMILES string of the molecule is C=CC(=O)c1cc2cccc(N)c2nc1C1=CC(=O)C(=O)C=C1. The number of carbonyl (C=O) groups excluding carboxylic acids is 3. The van der Waals surface area contributed by atoms with Crippen LogP contribution in [0.15, 0.2) is 55.1 Å². The number of para-hydroxylation sites is 1. The predicted molar refractivity (Wildman–Crippen MR) is 87.8 cm³/mol. The van der Waals surface area contributed by atoms with E-state index in [4.69, 9.17) is 5.73 Å². The average Bonchev–Trinajstić information content (AvgIpc) is 2.56. The fourth-order valence-corrected chi connectivity index (χ4v) is 2.39. The third kappa shape index (κ3) is 2.48. The number of pyridine rings is 1. The summed E-state index contributed by atoms with van der Waals surface area (Å²) in [6, 6.07) is 6.92. The standard InChI is InChI=1S/C18H12N2O3/c1-2-14(21)12-8-10-4-3-5-13(19)18(10)20-17(12)11-6-7-15(22)16(23)9-11/h2-9H,1,19H2. The molecule has 0 radical (unpaired) electrons. The number of fused-ring (bicyclic) bond motifs is 1. The molecule has 3 rings (SSSR count). The third-order valence-electron chi connectivity index (χ3n) is 3.55. The van der Waals surface area contributed by atoms with Crippen molar-refractivity contribution >= 4 is 39.5 Å². The van der Waals surface area contributed by atoms with E-state index in [0.29, 0.717) is 33.4 Å². The van der Waals surface area contributed by atoms with Gasteiger partial charge in [0.2, 0.25) is 11.6 Å². The number of benzene rings is 1. The summed E-state index contributed by atoms with van der Waals surface area (Å²) < 4.78 is 0. The Morgan fingerprint density at radius 1 is 1.17 bits per heavy atom. The van der Waals surface area contributed by atoms with E-state index in [1.54, 1.807) is 24.3 Å². The molecule has 0 spiro atoms. The van der Waals surface area contributed by atoms with Gasteiger partial charge in [0.1, 0.15) is 0 Å². The van der Waals surface area contributed by atoms with Gasteiger partial charge in [-0.1, -0.05) is 18.7 Å². The number of allylic oxidation sites excluding steroid dienone is 5. The Morgan fingerprint density at radius 2 is 1.96 bits per heavy atom. The van der Waals surface area contributed by atoms with Crippen LogP contribution >= 0.6 is 0 Å². The van der Waals surface area contributed by atoms with Gasteiger partial charge < -0.3 is 5.73 Å². The number of anilines is 1. The van der Waals surface area contributed by atoms with E-state index in [-0.39, 0.29) is 5.78 Å². The lowest BCUT2D eigenvalue weighted by Crippen LogP contribution is -2.13. The van der Waals surface area contributed by atoms with Gasteiger partial charge in [0.25, 0.3) is 0 Å². The highest BCUT2D eigenvalue weighted by molar-refractivity contribution is 6.48. The van der Waals surface area contributed by atoms with Crippen LogP contribution in [0.3, 0.4) is 0 Å². The van der Waals surface area contributed by atoms with Crippen molar-refractivity contribution < 1.29 is 14.4 Å². The fraction of sp³-hybridized carbons (Fsp3) is 0. The van der Waals surface area contributed by atoms with E-state index >= 15 is 0 Å². The summed E-state index contributed by atoms with van der Waals surface area (Å²) in [4.78, 5) is 39.5. The van der Waals surface area contributed by atoms with Crippen LogP contribution in [0.2, 0.25) is 0 Å². The smallest absolute Gasteiger partial charge is 0.226 e.